The van der Waals surface area contributed by atoms with Crippen molar-refractivity contribution in [2.45, 2.75) is 32.6 Å². The highest BCUT2D eigenvalue weighted by atomic mass is 19.3. The summed E-state index contributed by atoms with van der Waals surface area (Å²) in [4.78, 5) is 0. The molecule has 6 heteroatoms. The minimum absolute atomic E-state index is 0.0602. The summed E-state index contributed by atoms with van der Waals surface area (Å²) in [5.41, 5.74) is 0. The number of alkyl halides is 2. The minimum Gasteiger partial charge on any atom is -0.493 e. The molecule has 0 aliphatic heterocycles. The van der Waals surface area contributed by atoms with Gasteiger partial charge in [-0.1, -0.05) is 19.8 Å². The molecule has 0 N–H and O–H groups in total. The summed E-state index contributed by atoms with van der Waals surface area (Å²) in [7, 11) is 0. The Morgan fingerprint density at radius 3 is 1.95 bits per heavy atom. The van der Waals surface area contributed by atoms with E-state index in [1.165, 1.54) is 12.8 Å². The zero-order valence-corrected chi connectivity index (χ0v) is 11.9. The molecule has 0 spiro atoms. The Morgan fingerprint density at radius 1 is 1.00 bits per heavy atom. The maximum absolute atomic E-state index is 13.0. The van der Waals surface area contributed by atoms with Crippen molar-refractivity contribution in [3.8, 4) is 5.75 Å². The van der Waals surface area contributed by atoms with Gasteiger partial charge in [0.25, 0.3) is 0 Å². The van der Waals surface area contributed by atoms with Gasteiger partial charge in [0, 0.05) is 12.1 Å². The van der Waals surface area contributed by atoms with E-state index in [4.69, 9.17) is 4.74 Å². The van der Waals surface area contributed by atoms with E-state index < -0.39 is 24.4 Å². The van der Waals surface area contributed by atoms with Crippen LogP contribution in [0, 0.1) is 29.3 Å². The molecule has 1 aromatic carbocycles. The van der Waals surface area contributed by atoms with E-state index in [-0.39, 0.29) is 5.75 Å². The summed E-state index contributed by atoms with van der Waals surface area (Å²) < 4.78 is 63.3. The van der Waals surface area contributed by atoms with Gasteiger partial charge in [0.2, 0.25) is 6.93 Å². The quantitative estimate of drug-likeness (QED) is 0.551. The molecule has 2 rings (SSSR count). The van der Waals surface area contributed by atoms with Crippen LogP contribution in [-0.4, -0.2) is 13.5 Å². The maximum atomic E-state index is 13.0. The zero-order chi connectivity index (χ0) is 15.8. The van der Waals surface area contributed by atoms with Gasteiger partial charge in [-0.15, -0.1) is 0 Å². The van der Waals surface area contributed by atoms with E-state index in [2.05, 4.69) is 6.92 Å². The monoisotopic (exact) mass is 310 g/mol. The molecule has 0 heterocycles. The second-order valence-corrected chi connectivity index (χ2v) is 5.24. The summed E-state index contributed by atoms with van der Waals surface area (Å²) in [6, 6.07) is 1.79. The smallest absolute Gasteiger partial charge is 0.229 e. The number of hydrogen-bond donors (Lipinski definition) is 0. The number of halogens is 5. The van der Waals surface area contributed by atoms with Crippen LogP contribution in [0.3, 0.4) is 0 Å². The summed E-state index contributed by atoms with van der Waals surface area (Å²) in [6.07, 6.45) is 4.49. The van der Waals surface area contributed by atoms with Crippen molar-refractivity contribution >= 4 is 0 Å². The molecule has 1 fully saturated rings. The van der Waals surface area contributed by atoms with Crippen LogP contribution in [0.4, 0.5) is 22.0 Å². The van der Waals surface area contributed by atoms with E-state index >= 15 is 0 Å². The van der Waals surface area contributed by atoms with Gasteiger partial charge in [-0.25, -0.2) is 22.0 Å². The molecule has 120 valence electrons. The maximum Gasteiger partial charge on any atom is 0.229 e. The van der Waals surface area contributed by atoms with Crippen molar-refractivity contribution in [3.63, 3.8) is 0 Å². The van der Waals surface area contributed by atoms with Gasteiger partial charge in [-0.05, 0) is 24.7 Å². The normalized spacial score (nSPS) is 21.4. The molecule has 0 unspecified atom stereocenters. The Balaban J connectivity index is 0.000000677. The molecule has 1 nitrogen and oxygen atoms in total. The van der Waals surface area contributed by atoms with E-state index in [9.17, 15) is 22.0 Å². The molecule has 0 aromatic heterocycles. The van der Waals surface area contributed by atoms with Crippen LogP contribution in [0.15, 0.2) is 12.1 Å². The highest BCUT2D eigenvalue weighted by Crippen LogP contribution is 2.29. The van der Waals surface area contributed by atoms with Gasteiger partial charge in [0.15, 0.2) is 17.5 Å². The Kier molecular flexibility index (Phi) is 7.47. The lowest BCUT2D eigenvalue weighted by Gasteiger charge is -2.26. The number of benzene rings is 1. The lowest BCUT2D eigenvalue weighted by Crippen LogP contribution is -2.18. The average molecular weight is 310 g/mol. The highest BCUT2D eigenvalue weighted by molar-refractivity contribution is 5.25. The Bertz CT molecular complexity index is 407. The van der Waals surface area contributed by atoms with Gasteiger partial charge in [-0.2, -0.15) is 0 Å². The Morgan fingerprint density at radius 2 is 1.48 bits per heavy atom. The van der Waals surface area contributed by atoms with Gasteiger partial charge < -0.3 is 4.74 Å². The SMILES string of the molecule is CC1CCC(COc2cc(F)c(F)c(F)c2)CC1.FCF. The fraction of sp³-hybridized carbons (Fsp3) is 0.600. The molecule has 1 aromatic rings. The van der Waals surface area contributed by atoms with Crippen LogP contribution in [0.2, 0.25) is 0 Å². The highest BCUT2D eigenvalue weighted by Gasteiger charge is 2.19. The first-order valence-electron chi connectivity index (χ1n) is 6.87. The average Bonchev–Trinajstić information content (AvgIpc) is 2.45. The van der Waals surface area contributed by atoms with Crippen molar-refractivity contribution in [3.05, 3.63) is 29.6 Å². The number of rotatable bonds is 3. The molecule has 0 saturated heterocycles. The first-order valence-corrected chi connectivity index (χ1v) is 6.87. The van der Waals surface area contributed by atoms with Gasteiger partial charge in [-0.3, -0.25) is 0 Å². The van der Waals surface area contributed by atoms with Gasteiger partial charge in [0.1, 0.15) is 5.75 Å². The third-order valence-electron chi connectivity index (χ3n) is 3.58. The van der Waals surface area contributed by atoms with Gasteiger partial charge >= 0.3 is 0 Å². The lowest BCUT2D eigenvalue weighted by molar-refractivity contribution is 0.186. The second kappa shape index (κ2) is 8.85. The number of ether oxygens (including phenoxy) is 1. The first-order chi connectivity index (χ1) is 9.97. The summed E-state index contributed by atoms with van der Waals surface area (Å²) in [5.74, 6) is -2.62. The van der Waals surface area contributed by atoms with E-state index in [1.807, 2.05) is 0 Å². The van der Waals surface area contributed by atoms with Crippen LogP contribution >= 0.6 is 0 Å². The van der Waals surface area contributed by atoms with E-state index in [1.54, 1.807) is 0 Å². The fourth-order valence-electron chi connectivity index (χ4n) is 2.33. The van der Waals surface area contributed by atoms with Crippen LogP contribution in [0.5, 0.6) is 5.75 Å². The third-order valence-corrected chi connectivity index (χ3v) is 3.58. The van der Waals surface area contributed by atoms with Crippen LogP contribution in [0.25, 0.3) is 0 Å². The molecule has 0 atom stereocenters. The lowest BCUT2D eigenvalue weighted by atomic mass is 9.83. The summed E-state index contributed by atoms with van der Waals surface area (Å²) in [5, 5.41) is 0. The molecule has 0 bridgehead atoms. The number of hydrogen-bond acceptors (Lipinski definition) is 1. The molecule has 1 aliphatic rings. The molecule has 0 radical (unpaired) electrons. The first kappa shape index (κ1) is 17.7. The molecular weight excluding hydrogens is 291 g/mol. The molecule has 1 saturated carbocycles. The zero-order valence-electron chi connectivity index (χ0n) is 11.9. The second-order valence-electron chi connectivity index (χ2n) is 5.24. The topological polar surface area (TPSA) is 9.23 Å². The van der Waals surface area contributed by atoms with Crippen molar-refractivity contribution in [2.24, 2.45) is 11.8 Å². The van der Waals surface area contributed by atoms with Crippen LogP contribution in [-0.2, 0) is 0 Å². The van der Waals surface area contributed by atoms with E-state index in [0.29, 0.717) is 12.5 Å². The van der Waals surface area contributed by atoms with Crippen LogP contribution in [0.1, 0.15) is 32.6 Å². The standard InChI is InChI=1S/C14H17F3O.CH2F2/c1-9-2-4-10(5-3-9)8-18-11-6-12(15)14(17)13(16)7-11;2-1-3/h6-7,9-10H,2-5,8H2,1H3;1H2. The predicted octanol–water partition coefficient (Wildman–Crippen LogP) is 5.19. The van der Waals surface area contributed by atoms with Crippen molar-refractivity contribution in [1.29, 1.82) is 0 Å². The van der Waals surface area contributed by atoms with Crippen molar-refractivity contribution < 1.29 is 26.7 Å². The van der Waals surface area contributed by atoms with E-state index in [0.717, 1.165) is 30.9 Å². The van der Waals surface area contributed by atoms with Crippen molar-refractivity contribution in [2.75, 3.05) is 13.5 Å². The molecule has 1 aliphatic carbocycles. The summed E-state index contributed by atoms with van der Waals surface area (Å²) >= 11 is 0. The van der Waals surface area contributed by atoms with Crippen LogP contribution < -0.4 is 4.74 Å². The summed E-state index contributed by atoms with van der Waals surface area (Å²) in [6.45, 7) is 0.916. The molecule has 0 amide bonds. The van der Waals surface area contributed by atoms with Crippen molar-refractivity contribution in [1.82, 2.24) is 0 Å². The minimum atomic E-state index is -1.75. The largest absolute Gasteiger partial charge is 0.493 e. The Labute approximate surface area is 121 Å². The Hall–Kier alpha value is -1.33. The predicted molar refractivity (Wildman–Crippen MR) is 70.0 cm³/mol. The third kappa shape index (κ3) is 5.89. The van der Waals surface area contributed by atoms with Gasteiger partial charge in [0.05, 0.1) is 6.61 Å². The molecular formula is C15H19F5O. The fourth-order valence-corrected chi connectivity index (χ4v) is 2.33. The molecule has 21 heavy (non-hydrogen) atoms.